The molecule has 4 nitrogen and oxygen atoms in total. The maximum atomic E-state index is 5.38. The fourth-order valence-corrected chi connectivity index (χ4v) is 2.75. The lowest BCUT2D eigenvalue weighted by Gasteiger charge is -2.00. The fraction of sp³-hybridized carbons (Fsp3) is 0.167. The molecule has 0 radical (unpaired) electrons. The van der Waals surface area contributed by atoms with Crippen LogP contribution < -0.4 is 0 Å². The molecule has 3 aromatic rings. The monoisotopic (exact) mass is 370 g/mol. The second-order valence-corrected chi connectivity index (χ2v) is 5.59. The van der Waals surface area contributed by atoms with Crippen molar-refractivity contribution in [2.75, 3.05) is 0 Å². The van der Waals surface area contributed by atoms with Crippen LogP contribution in [0, 0.1) is 8.34 Å². The summed E-state index contributed by atoms with van der Waals surface area (Å²) in [6, 6.07) is 8.19. The molecule has 92 valence electrons. The van der Waals surface area contributed by atoms with Crippen molar-refractivity contribution in [1.82, 2.24) is 19.3 Å². The Bertz CT molecular complexity index is 768. The zero-order valence-corrected chi connectivity index (χ0v) is 12.7. The number of benzene rings is 1. The number of aryl methyl sites for hydroxylation is 1. The smallest absolute Gasteiger partial charge is 0.184 e. The number of hydrogen-bond acceptors (Lipinski definition) is 2. The highest BCUT2D eigenvalue weighted by Gasteiger charge is 2.08. The molecular weight excluding hydrogens is 359 g/mol. The van der Waals surface area contributed by atoms with Gasteiger partial charge in [-0.3, -0.25) is 9.25 Å². The summed E-state index contributed by atoms with van der Waals surface area (Å²) < 4.78 is 5.71. The molecule has 18 heavy (non-hydrogen) atoms. The predicted octanol–water partition coefficient (Wildman–Crippen LogP) is 3.51. The lowest BCUT2D eigenvalue weighted by Crippen LogP contribution is -1.99. The molecule has 1 N–H and O–H groups in total. The molecule has 0 atom stereocenters. The highest BCUT2D eigenvalue weighted by Crippen LogP contribution is 2.20. The first-order valence-corrected chi connectivity index (χ1v) is 7.12. The van der Waals surface area contributed by atoms with Crippen LogP contribution in [-0.2, 0) is 6.54 Å². The molecule has 0 bridgehead atoms. The third kappa shape index (κ3) is 1.89. The van der Waals surface area contributed by atoms with E-state index in [0.717, 1.165) is 23.4 Å². The number of hydrogen-bond donors (Lipinski definition) is 1. The summed E-state index contributed by atoms with van der Waals surface area (Å²) in [6.07, 6.45) is 1.96. The SMILES string of the molecule is CCn1ccc(-n2c(=S)[nH]c3cc(I)ccc32)n1. The zero-order valence-electron chi connectivity index (χ0n) is 9.72. The lowest BCUT2D eigenvalue weighted by molar-refractivity contribution is 0.653. The quantitative estimate of drug-likeness (QED) is 0.554. The number of nitrogens with zero attached hydrogens (tertiary/aromatic N) is 3. The van der Waals surface area contributed by atoms with Crippen molar-refractivity contribution in [3.05, 3.63) is 38.8 Å². The number of fused-ring (bicyclic) bond motifs is 1. The van der Waals surface area contributed by atoms with Gasteiger partial charge in [0.15, 0.2) is 10.6 Å². The third-order valence-electron chi connectivity index (χ3n) is 2.82. The van der Waals surface area contributed by atoms with Crippen LogP contribution in [0.15, 0.2) is 30.5 Å². The van der Waals surface area contributed by atoms with Gasteiger partial charge in [-0.2, -0.15) is 5.10 Å². The topological polar surface area (TPSA) is 38.5 Å². The Morgan fingerprint density at radius 2 is 2.22 bits per heavy atom. The van der Waals surface area contributed by atoms with E-state index in [-0.39, 0.29) is 0 Å². The van der Waals surface area contributed by atoms with Crippen LogP contribution in [0.3, 0.4) is 0 Å². The lowest BCUT2D eigenvalue weighted by atomic mass is 10.3. The van der Waals surface area contributed by atoms with E-state index < -0.39 is 0 Å². The molecule has 2 aromatic heterocycles. The van der Waals surface area contributed by atoms with Crippen molar-refractivity contribution < 1.29 is 0 Å². The maximum Gasteiger partial charge on any atom is 0.184 e. The van der Waals surface area contributed by atoms with E-state index >= 15 is 0 Å². The maximum absolute atomic E-state index is 5.38. The van der Waals surface area contributed by atoms with Gasteiger partial charge in [0.1, 0.15) is 0 Å². The van der Waals surface area contributed by atoms with Crippen molar-refractivity contribution in [3.8, 4) is 5.82 Å². The summed E-state index contributed by atoms with van der Waals surface area (Å²) >= 11 is 7.67. The van der Waals surface area contributed by atoms with E-state index in [1.54, 1.807) is 0 Å². The minimum Gasteiger partial charge on any atom is -0.330 e. The van der Waals surface area contributed by atoms with E-state index in [0.29, 0.717) is 4.77 Å². The van der Waals surface area contributed by atoms with Crippen molar-refractivity contribution in [1.29, 1.82) is 0 Å². The number of halogens is 1. The fourth-order valence-electron chi connectivity index (χ4n) is 1.96. The van der Waals surface area contributed by atoms with E-state index in [2.05, 4.69) is 57.8 Å². The number of aromatic nitrogens is 4. The molecule has 0 amide bonds. The van der Waals surface area contributed by atoms with Crippen molar-refractivity contribution in [3.63, 3.8) is 0 Å². The highest BCUT2D eigenvalue weighted by molar-refractivity contribution is 14.1. The minimum absolute atomic E-state index is 0.674. The molecule has 1 aromatic carbocycles. The molecule has 0 saturated carbocycles. The molecule has 0 aliphatic carbocycles. The van der Waals surface area contributed by atoms with Gasteiger partial charge in [0, 0.05) is 22.4 Å². The Morgan fingerprint density at radius 1 is 1.39 bits per heavy atom. The molecule has 3 rings (SSSR count). The Morgan fingerprint density at radius 3 is 2.94 bits per heavy atom. The van der Waals surface area contributed by atoms with E-state index in [9.17, 15) is 0 Å². The average Bonchev–Trinajstić information content (AvgIpc) is 2.91. The first kappa shape index (κ1) is 11.9. The third-order valence-corrected chi connectivity index (χ3v) is 3.78. The van der Waals surface area contributed by atoms with Gasteiger partial charge < -0.3 is 4.98 Å². The Balaban J connectivity index is 2.28. The first-order valence-electron chi connectivity index (χ1n) is 5.63. The standard InChI is InChI=1S/C12H11IN4S/c1-2-16-6-5-11(15-16)17-10-4-3-8(13)7-9(10)14-12(17)18/h3-7H,2H2,1H3,(H,14,18). The van der Waals surface area contributed by atoms with Crippen LogP contribution in [0.4, 0.5) is 0 Å². The van der Waals surface area contributed by atoms with Gasteiger partial charge in [-0.1, -0.05) is 0 Å². The van der Waals surface area contributed by atoms with Crippen LogP contribution in [0.5, 0.6) is 0 Å². The van der Waals surface area contributed by atoms with E-state index in [4.69, 9.17) is 12.2 Å². The highest BCUT2D eigenvalue weighted by atomic mass is 127. The summed E-state index contributed by atoms with van der Waals surface area (Å²) in [7, 11) is 0. The van der Waals surface area contributed by atoms with Gasteiger partial charge in [0.25, 0.3) is 0 Å². The number of nitrogens with one attached hydrogen (secondary N) is 1. The van der Waals surface area contributed by atoms with E-state index in [1.165, 1.54) is 3.57 Å². The molecule has 0 fully saturated rings. The van der Waals surface area contributed by atoms with Gasteiger partial charge in [-0.05, 0) is 59.9 Å². The van der Waals surface area contributed by atoms with Crippen LogP contribution >= 0.6 is 34.8 Å². The van der Waals surface area contributed by atoms with Crippen LogP contribution in [0.2, 0.25) is 0 Å². The minimum atomic E-state index is 0.674. The Hall–Kier alpha value is -1.15. The zero-order chi connectivity index (χ0) is 12.7. The molecule has 0 unspecified atom stereocenters. The normalized spacial score (nSPS) is 11.2. The molecular formula is C12H11IN4S. The summed E-state index contributed by atoms with van der Waals surface area (Å²) in [4.78, 5) is 3.22. The number of aromatic amines is 1. The number of rotatable bonds is 2. The summed E-state index contributed by atoms with van der Waals surface area (Å²) in [5.74, 6) is 0.856. The average molecular weight is 370 g/mol. The van der Waals surface area contributed by atoms with Gasteiger partial charge in [0.2, 0.25) is 0 Å². The van der Waals surface area contributed by atoms with Crippen LogP contribution in [-0.4, -0.2) is 19.3 Å². The second kappa shape index (κ2) is 4.51. The number of imidazole rings is 1. The first-order chi connectivity index (χ1) is 8.69. The van der Waals surface area contributed by atoms with Crippen molar-refractivity contribution in [2.24, 2.45) is 0 Å². The molecule has 0 saturated heterocycles. The molecule has 0 aliphatic heterocycles. The summed E-state index contributed by atoms with van der Waals surface area (Å²) in [5.41, 5.74) is 2.10. The van der Waals surface area contributed by atoms with Crippen LogP contribution in [0.25, 0.3) is 16.9 Å². The Labute approximate surface area is 123 Å². The largest absolute Gasteiger partial charge is 0.330 e. The van der Waals surface area contributed by atoms with Gasteiger partial charge in [-0.15, -0.1) is 0 Å². The Kier molecular flexibility index (Phi) is 2.98. The summed E-state index contributed by atoms with van der Waals surface area (Å²) in [6.45, 7) is 2.92. The van der Waals surface area contributed by atoms with Gasteiger partial charge in [0.05, 0.1) is 11.0 Å². The molecule has 0 spiro atoms. The second-order valence-electron chi connectivity index (χ2n) is 3.96. The molecule has 2 heterocycles. The molecule has 6 heteroatoms. The predicted molar refractivity (Wildman–Crippen MR) is 82.6 cm³/mol. The van der Waals surface area contributed by atoms with Gasteiger partial charge >= 0.3 is 0 Å². The van der Waals surface area contributed by atoms with E-state index in [1.807, 2.05) is 21.5 Å². The van der Waals surface area contributed by atoms with Crippen molar-refractivity contribution in [2.45, 2.75) is 13.5 Å². The van der Waals surface area contributed by atoms with Crippen molar-refractivity contribution >= 4 is 45.8 Å². The number of H-pyrrole nitrogens is 1. The van der Waals surface area contributed by atoms with Crippen LogP contribution in [0.1, 0.15) is 6.92 Å². The summed E-state index contributed by atoms with van der Waals surface area (Å²) in [5, 5.41) is 4.50. The molecule has 0 aliphatic rings. The van der Waals surface area contributed by atoms with Gasteiger partial charge in [-0.25, -0.2) is 0 Å².